The van der Waals surface area contributed by atoms with Crippen LogP contribution in [0.1, 0.15) is 52.7 Å². The summed E-state index contributed by atoms with van der Waals surface area (Å²) in [4.78, 5) is 49.6. The monoisotopic (exact) mass is 620 g/mol. The number of ether oxygens (including phenoxy) is 4. The Labute approximate surface area is 268 Å². The first-order valence-electron chi connectivity index (χ1n) is 14.3. The summed E-state index contributed by atoms with van der Waals surface area (Å²) in [7, 11) is 0. The van der Waals surface area contributed by atoms with Crippen molar-refractivity contribution in [2.24, 2.45) is 0 Å². The van der Waals surface area contributed by atoms with Crippen LogP contribution in [0.25, 0.3) is 23.3 Å². The van der Waals surface area contributed by atoms with E-state index in [-0.39, 0.29) is 22.6 Å². The molecular formula is C38H36O8. The molecule has 0 saturated carbocycles. The molecule has 0 unspecified atom stereocenters. The molecule has 3 aromatic rings. The van der Waals surface area contributed by atoms with Gasteiger partial charge in [0.15, 0.2) is 0 Å². The van der Waals surface area contributed by atoms with Crippen LogP contribution in [-0.2, 0) is 19.2 Å². The molecule has 0 heterocycles. The second-order valence-electron chi connectivity index (χ2n) is 10.4. The largest absolute Gasteiger partial charge is 0.423 e. The smallest absolute Gasteiger partial charge is 0.338 e. The van der Waals surface area contributed by atoms with Crippen molar-refractivity contribution in [3.63, 3.8) is 0 Å². The predicted molar refractivity (Wildman–Crippen MR) is 178 cm³/mol. The Morgan fingerprint density at radius 2 is 1.02 bits per heavy atom. The Morgan fingerprint density at radius 1 is 0.565 bits per heavy atom. The summed E-state index contributed by atoms with van der Waals surface area (Å²) in [6.07, 6.45) is 6.77. The van der Waals surface area contributed by atoms with Crippen LogP contribution in [0.2, 0.25) is 0 Å². The van der Waals surface area contributed by atoms with E-state index in [1.807, 2.05) is 0 Å². The summed E-state index contributed by atoms with van der Waals surface area (Å²) in [6, 6.07) is 16.6. The number of rotatable bonds is 11. The second kappa shape index (κ2) is 15.8. The first-order chi connectivity index (χ1) is 21.8. The van der Waals surface area contributed by atoms with E-state index < -0.39 is 23.9 Å². The zero-order valence-corrected chi connectivity index (χ0v) is 26.8. The first kappa shape index (κ1) is 34.7. The third-order valence-corrected chi connectivity index (χ3v) is 6.65. The molecule has 0 aliphatic heterocycles. The lowest BCUT2D eigenvalue weighted by atomic mass is 10.0. The van der Waals surface area contributed by atoms with Crippen molar-refractivity contribution in [1.29, 1.82) is 0 Å². The number of hydrogen-bond acceptors (Lipinski definition) is 8. The Balaban J connectivity index is 2.12. The molecule has 0 bridgehead atoms. The number of esters is 4. The molecule has 0 aliphatic rings. The lowest BCUT2D eigenvalue weighted by Crippen LogP contribution is -2.12. The molecule has 8 nitrogen and oxygen atoms in total. The third-order valence-electron chi connectivity index (χ3n) is 6.65. The summed E-state index contributed by atoms with van der Waals surface area (Å²) in [5, 5.41) is 0. The van der Waals surface area contributed by atoms with Gasteiger partial charge in [-0.25, -0.2) is 19.2 Å². The summed E-state index contributed by atoms with van der Waals surface area (Å²) < 4.78 is 22.2. The fourth-order valence-corrected chi connectivity index (χ4v) is 3.62. The third kappa shape index (κ3) is 9.37. The SMILES string of the molecule is C=C(C)C(=O)Oc1ccc(/C=C/c2cc(OC(=O)/C(C)=C\C)c(-c3ccc(OC(=O)C(=C)C)cc3)cc2OC(=O)/C(C)=C\C)cc1. The Hall–Kier alpha value is -5.76. The maximum absolute atomic E-state index is 12.9. The number of carbonyl (C=O) groups is 4. The minimum atomic E-state index is -0.559. The number of benzene rings is 3. The molecule has 0 radical (unpaired) electrons. The van der Waals surface area contributed by atoms with Gasteiger partial charge in [0.2, 0.25) is 0 Å². The van der Waals surface area contributed by atoms with E-state index in [1.165, 1.54) is 0 Å². The van der Waals surface area contributed by atoms with Crippen molar-refractivity contribution in [2.75, 3.05) is 0 Å². The lowest BCUT2D eigenvalue weighted by Gasteiger charge is -2.16. The molecule has 8 heteroatoms. The predicted octanol–water partition coefficient (Wildman–Crippen LogP) is 8.23. The number of allylic oxidation sites excluding steroid dienone is 2. The molecule has 0 fully saturated rings. The van der Waals surface area contributed by atoms with Crippen LogP contribution in [0.15, 0.2) is 108 Å². The van der Waals surface area contributed by atoms with Gasteiger partial charge in [-0.2, -0.15) is 0 Å². The maximum atomic E-state index is 12.9. The van der Waals surface area contributed by atoms with Crippen LogP contribution in [0, 0.1) is 0 Å². The highest BCUT2D eigenvalue weighted by Gasteiger charge is 2.19. The molecule has 0 N–H and O–H groups in total. The molecule has 0 atom stereocenters. The lowest BCUT2D eigenvalue weighted by molar-refractivity contribution is -0.131. The second-order valence-corrected chi connectivity index (χ2v) is 10.4. The van der Waals surface area contributed by atoms with Gasteiger partial charge in [0, 0.05) is 33.4 Å². The molecule has 0 aliphatic carbocycles. The van der Waals surface area contributed by atoms with Gasteiger partial charge in [-0.3, -0.25) is 0 Å². The van der Waals surface area contributed by atoms with Gasteiger partial charge in [0.05, 0.1) is 0 Å². The fraction of sp³-hybridized carbons (Fsp3) is 0.158. The molecule has 0 saturated heterocycles. The normalized spacial score (nSPS) is 11.5. The number of hydrogen-bond donors (Lipinski definition) is 0. The van der Waals surface area contributed by atoms with Crippen molar-refractivity contribution in [3.05, 3.63) is 119 Å². The van der Waals surface area contributed by atoms with Crippen molar-refractivity contribution in [3.8, 4) is 34.1 Å². The highest BCUT2D eigenvalue weighted by atomic mass is 16.5. The van der Waals surface area contributed by atoms with E-state index in [0.717, 1.165) is 5.56 Å². The minimum Gasteiger partial charge on any atom is -0.423 e. The van der Waals surface area contributed by atoms with Crippen LogP contribution in [0.4, 0.5) is 0 Å². The van der Waals surface area contributed by atoms with E-state index in [0.29, 0.717) is 39.3 Å². The van der Waals surface area contributed by atoms with Crippen molar-refractivity contribution >= 4 is 36.0 Å². The first-order valence-corrected chi connectivity index (χ1v) is 14.3. The summed E-state index contributed by atoms with van der Waals surface area (Å²) in [5.41, 5.74) is 3.60. The Kier molecular flexibility index (Phi) is 11.9. The molecule has 0 amide bonds. The average Bonchev–Trinajstić information content (AvgIpc) is 3.04. The van der Waals surface area contributed by atoms with E-state index in [4.69, 9.17) is 18.9 Å². The van der Waals surface area contributed by atoms with Gasteiger partial charge in [0.1, 0.15) is 23.0 Å². The van der Waals surface area contributed by atoms with Gasteiger partial charge in [-0.15, -0.1) is 0 Å². The van der Waals surface area contributed by atoms with Crippen LogP contribution in [-0.4, -0.2) is 23.9 Å². The van der Waals surface area contributed by atoms with Gasteiger partial charge in [-0.1, -0.05) is 61.7 Å². The molecule has 0 spiro atoms. The van der Waals surface area contributed by atoms with E-state index in [1.54, 1.807) is 127 Å². The van der Waals surface area contributed by atoms with E-state index in [2.05, 4.69) is 13.2 Å². The van der Waals surface area contributed by atoms with Gasteiger partial charge in [-0.05, 0) is 89.1 Å². The van der Waals surface area contributed by atoms with Gasteiger partial charge >= 0.3 is 23.9 Å². The summed E-state index contributed by atoms with van der Waals surface area (Å²) >= 11 is 0. The summed E-state index contributed by atoms with van der Waals surface area (Å²) in [5.74, 6) is -1.11. The van der Waals surface area contributed by atoms with Crippen molar-refractivity contribution < 1.29 is 38.1 Å². The zero-order chi connectivity index (χ0) is 34.0. The fourth-order valence-electron chi connectivity index (χ4n) is 3.62. The molecule has 236 valence electrons. The van der Waals surface area contributed by atoms with Crippen LogP contribution < -0.4 is 18.9 Å². The van der Waals surface area contributed by atoms with Crippen LogP contribution in [0.5, 0.6) is 23.0 Å². The molecule has 46 heavy (non-hydrogen) atoms. The Bertz CT molecular complexity index is 1770. The van der Waals surface area contributed by atoms with Crippen LogP contribution >= 0.6 is 0 Å². The molecule has 3 rings (SSSR count). The van der Waals surface area contributed by atoms with Crippen LogP contribution in [0.3, 0.4) is 0 Å². The van der Waals surface area contributed by atoms with Crippen molar-refractivity contribution in [1.82, 2.24) is 0 Å². The van der Waals surface area contributed by atoms with E-state index >= 15 is 0 Å². The molecule has 0 aromatic heterocycles. The summed E-state index contributed by atoms with van der Waals surface area (Å²) in [6.45, 7) is 17.0. The highest BCUT2D eigenvalue weighted by Crippen LogP contribution is 2.39. The highest BCUT2D eigenvalue weighted by molar-refractivity contribution is 5.93. The topological polar surface area (TPSA) is 105 Å². The minimum absolute atomic E-state index is 0.210. The maximum Gasteiger partial charge on any atom is 0.338 e. The zero-order valence-electron chi connectivity index (χ0n) is 26.8. The average molecular weight is 621 g/mol. The molecular weight excluding hydrogens is 584 g/mol. The standard InChI is InChI=1S/C38H36O8/c1-9-25(7)37(41)45-33-22-32(28-15-19-31(20-16-28)44-36(40)24(5)6)34(46-38(42)26(8)10-2)21-29(33)14-11-27-12-17-30(18-13-27)43-35(39)23(3)4/h9-22H,3,5H2,1-2,4,6-8H3/b14-11+,25-9-,26-10-. The van der Waals surface area contributed by atoms with Gasteiger partial charge < -0.3 is 18.9 Å². The van der Waals surface area contributed by atoms with E-state index in [9.17, 15) is 19.2 Å². The Morgan fingerprint density at radius 3 is 1.48 bits per heavy atom. The van der Waals surface area contributed by atoms with Crippen molar-refractivity contribution in [2.45, 2.75) is 41.5 Å². The quantitative estimate of drug-likeness (QED) is 0.0914. The van der Waals surface area contributed by atoms with Gasteiger partial charge in [0.25, 0.3) is 0 Å². The molecule has 3 aromatic carbocycles. The number of carbonyl (C=O) groups excluding carboxylic acids is 4.